The Hall–Kier alpha value is -2.46. The number of carbonyl (C=O) groups excluding carboxylic acids is 1. The third-order valence-corrected chi connectivity index (χ3v) is 7.47. The molecule has 2 heterocycles. The predicted octanol–water partition coefficient (Wildman–Crippen LogP) is 5.67. The average Bonchev–Trinajstić information content (AvgIpc) is 3.26. The van der Waals surface area contributed by atoms with Crippen molar-refractivity contribution >= 4 is 28.8 Å². The molecular formula is C25H25ClF3N3O2S. The molecular weight excluding hydrogens is 499 g/mol. The van der Waals surface area contributed by atoms with Crippen LogP contribution in [0.2, 0.25) is 5.02 Å². The van der Waals surface area contributed by atoms with Crippen LogP contribution in [-0.4, -0.2) is 41.5 Å². The van der Waals surface area contributed by atoms with Crippen molar-refractivity contribution in [1.29, 1.82) is 0 Å². The molecule has 186 valence electrons. The molecule has 1 aliphatic heterocycles. The minimum Gasteiger partial charge on any atom is -0.373 e. The maximum Gasteiger partial charge on any atom is 0.255 e. The number of hydrogen-bond acceptors (Lipinski definition) is 5. The standard InChI is InChI=1S/C25H25ClF3N3O2S/c1-15-24(35-14-31-15)22(12-30-25(33)23-18(26)3-2-4-20(23)28)32-9-7-17(8-10-32)34-13-16-5-6-19(27)21(29)11-16/h2-6,11,14,17,22H,7-10,12-13H2,1H3,(H,30,33). The fraction of sp³-hybridized carbons (Fsp3) is 0.360. The molecule has 0 bridgehead atoms. The lowest BCUT2D eigenvalue weighted by molar-refractivity contribution is -0.0111. The van der Waals surface area contributed by atoms with Gasteiger partial charge in [-0.15, -0.1) is 11.3 Å². The summed E-state index contributed by atoms with van der Waals surface area (Å²) in [5.41, 5.74) is 3.07. The molecule has 1 aromatic heterocycles. The number of aryl methyl sites for hydroxylation is 1. The Morgan fingerprint density at radius 1 is 1.20 bits per heavy atom. The van der Waals surface area contributed by atoms with Crippen LogP contribution in [0.4, 0.5) is 13.2 Å². The van der Waals surface area contributed by atoms with E-state index in [4.69, 9.17) is 16.3 Å². The molecule has 1 amide bonds. The lowest BCUT2D eigenvalue weighted by atomic mass is 10.0. The number of rotatable bonds is 8. The number of benzene rings is 2. The van der Waals surface area contributed by atoms with Crippen LogP contribution in [0.15, 0.2) is 41.9 Å². The molecule has 0 saturated carbocycles. The molecule has 35 heavy (non-hydrogen) atoms. The first-order valence-electron chi connectivity index (χ1n) is 11.2. The smallest absolute Gasteiger partial charge is 0.255 e. The van der Waals surface area contributed by atoms with Crippen molar-refractivity contribution in [2.45, 2.75) is 38.5 Å². The third-order valence-electron chi connectivity index (χ3n) is 6.12. The summed E-state index contributed by atoms with van der Waals surface area (Å²) < 4.78 is 46.7. The van der Waals surface area contributed by atoms with Crippen molar-refractivity contribution in [3.8, 4) is 0 Å². The summed E-state index contributed by atoms with van der Waals surface area (Å²) in [6, 6.07) is 7.77. The van der Waals surface area contributed by atoms with E-state index >= 15 is 0 Å². The van der Waals surface area contributed by atoms with Gasteiger partial charge >= 0.3 is 0 Å². The Labute approximate surface area is 210 Å². The van der Waals surface area contributed by atoms with E-state index in [0.29, 0.717) is 18.7 Å². The van der Waals surface area contributed by atoms with E-state index in [1.54, 1.807) is 5.51 Å². The van der Waals surface area contributed by atoms with Gasteiger partial charge in [-0.2, -0.15) is 0 Å². The van der Waals surface area contributed by atoms with E-state index in [0.717, 1.165) is 35.5 Å². The van der Waals surface area contributed by atoms with Gasteiger partial charge in [0.1, 0.15) is 5.82 Å². The van der Waals surface area contributed by atoms with Crippen LogP contribution >= 0.6 is 22.9 Å². The lowest BCUT2D eigenvalue weighted by Gasteiger charge is -2.37. The summed E-state index contributed by atoms with van der Waals surface area (Å²) in [7, 11) is 0. The number of nitrogens with one attached hydrogen (secondary N) is 1. The van der Waals surface area contributed by atoms with Crippen LogP contribution < -0.4 is 5.32 Å². The van der Waals surface area contributed by atoms with E-state index in [1.807, 2.05) is 6.92 Å². The summed E-state index contributed by atoms with van der Waals surface area (Å²) in [5.74, 6) is -3.00. The van der Waals surface area contributed by atoms with Crippen LogP contribution in [0.25, 0.3) is 0 Å². The minimum absolute atomic E-state index is 0.0191. The first-order chi connectivity index (χ1) is 16.8. The van der Waals surface area contributed by atoms with Gasteiger partial charge in [-0.05, 0) is 49.6 Å². The van der Waals surface area contributed by atoms with E-state index in [1.165, 1.54) is 35.6 Å². The first-order valence-corrected chi connectivity index (χ1v) is 12.5. The summed E-state index contributed by atoms with van der Waals surface area (Å²) in [4.78, 5) is 20.3. The number of halogens is 4. The van der Waals surface area contributed by atoms with Gasteiger partial charge in [0, 0.05) is 24.5 Å². The number of thiazole rings is 1. The molecule has 1 aliphatic rings. The van der Waals surface area contributed by atoms with Gasteiger partial charge in [-0.1, -0.05) is 23.7 Å². The zero-order valence-corrected chi connectivity index (χ0v) is 20.6. The number of amides is 1. The molecule has 0 spiro atoms. The fourth-order valence-corrected chi connectivity index (χ4v) is 5.39. The van der Waals surface area contributed by atoms with E-state index in [2.05, 4.69) is 15.2 Å². The van der Waals surface area contributed by atoms with Gasteiger partial charge in [0.15, 0.2) is 11.6 Å². The number of aromatic nitrogens is 1. The van der Waals surface area contributed by atoms with Crippen molar-refractivity contribution in [1.82, 2.24) is 15.2 Å². The Balaban J connectivity index is 1.38. The van der Waals surface area contributed by atoms with Crippen molar-refractivity contribution in [3.63, 3.8) is 0 Å². The second-order valence-corrected chi connectivity index (χ2v) is 9.71. The molecule has 0 aliphatic carbocycles. The Morgan fingerprint density at radius 3 is 2.63 bits per heavy atom. The first kappa shape index (κ1) is 25.6. The quantitative estimate of drug-likeness (QED) is 0.413. The molecule has 1 N–H and O–H groups in total. The summed E-state index contributed by atoms with van der Waals surface area (Å²) >= 11 is 7.56. The van der Waals surface area contributed by atoms with Crippen molar-refractivity contribution < 1.29 is 22.7 Å². The Bertz CT molecular complexity index is 1160. The number of likely N-dealkylation sites (tertiary alicyclic amines) is 1. The van der Waals surface area contributed by atoms with E-state index in [9.17, 15) is 18.0 Å². The maximum absolute atomic E-state index is 14.2. The van der Waals surface area contributed by atoms with Gasteiger partial charge in [0.25, 0.3) is 5.91 Å². The molecule has 1 fully saturated rings. The van der Waals surface area contributed by atoms with Crippen LogP contribution in [0, 0.1) is 24.4 Å². The van der Waals surface area contributed by atoms with Crippen molar-refractivity contribution in [2.24, 2.45) is 0 Å². The van der Waals surface area contributed by atoms with Gasteiger partial charge in [-0.25, -0.2) is 18.2 Å². The molecule has 0 radical (unpaired) electrons. The monoisotopic (exact) mass is 523 g/mol. The molecule has 1 atom stereocenters. The van der Waals surface area contributed by atoms with Crippen molar-refractivity contribution in [3.05, 3.63) is 86.1 Å². The normalized spacial score (nSPS) is 15.8. The number of hydrogen-bond donors (Lipinski definition) is 1. The minimum atomic E-state index is -0.887. The summed E-state index contributed by atoms with van der Waals surface area (Å²) in [6.45, 7) is 3.82. The van der Waals surface area contributed by atoms with Gasteiger partial charge in [-0.3, -0.25) is 9.69 Å². The molecule has 1 saturated heterocycles. The molecule has 1 unspecified atom stereocenters. The zero-order valence-electron chi connectivity index (χ0n) is 19.1. The lowest BCUT2D eigenvalue weighted by Crippen LogP contribution is -2.43. The molecule has 3 aromatic rings. The van der Waals surface area contributed by atoms with Crippen LogP contribution in [-0.2, 0) is 11.3 Å². The van der Waals surface area contributed by atoms with Crippen molar-refractivity contribution in [2.75, 3.05) is 19.6 Å². The second-order valence-electron chi connectivity index (χ2n) is 8.42. The second kappa shape index (κ2) is 11.5. The predicted molar refractivity (Wildman–Crippen MR) is 129 cm³/mol. The number of nitrogens with zero attached hydrogens (tertiary/aromatic N) is 2. The van der Waals surface area contributed by atoms with Crippen LogP contribution in [0.1, 0.15) is 45.4 Å². The SMILES string of the molecule is Cc1ncsc1C(CNC(=O)c1c(F)cccc1Cl)N1CCC(OCc2ccc(F)c(F)c2)CC1. The average molecular weight is 524 g/mol. The number of piperidine rings is 1. The van der Waals surface area contributed by atoms with Gasteiger partial charge < -0.3 is 10.1 Å². The number of carbonyl (C=O) groups is 1. The van der Waals surface area contributed by atoms with E-state index in [-0.39, 0.29) is 35.9 Å². The number of ether oxygens (including phenoxy) is 1. The maximum atomic E-state index is 14.2. The highest BCUT2D eigenvalue weighted by molar-refractivity contribution is 7.09. The van der Waals surface area contributed by atoms with Crippen LogP contribution in [0.3, 0.4) is 0 Å². The van der Waals surface area contributed by atoms with Crippen LogP contribution in [0.5, 0.6) is 0 Å². The molecule has 2 aromatic carbocycles. The zero-order chi connectivity index (χ0) is 24.9. The topological polar surface area (TPSA) is 54.5 Å². The Kier molecular flexibility index (Phi) is 8.43. The highest BCUT2D eigenvalue weighted by Gasteiger charge is 2.29. The van der Waals surface area contributed by atoms with Gasteiger partial charge in [0.05, 0.1) is 40.5 Å². The highest BCUT2D eigenvalue weighted by Crippen LogP contribution is 2.30. The Morgan fingerprint density at radius 2 is 1.97 bits per heavy atom. The largest absolute Gasteiger partial charge is 0.373 e. The third kappa shape index (κ3) is 6.22. The molecule has 5 nitrogen and oxygen atoms in total. The highest BCUT2D eigenvalue weighted by atomic mass is 35.5. The molecule has 4 rings (SSSR count). The fourth-order valence-electron chi connectivity index (χ4n) is 4.21. The summed E-state index contributed by atoms with van der Waals surface area (Å²) in [5, 5.41) is 2.90. The molecule has 10 heteroatoms. The summed E-state index contributed by atoms with van der Waals surface area (Å²) in [6.07, 6.45) is 1.46. The van der Waals surface area contributed by atoms with Gasteiger partial charge in [0.2, 0.25) is 0 Å². The van der Waals surface area contributed by atoms with E-state index < -0.39 is 23.4 Å².